The van der Waals surface area contributed by atoms with Gasteiger partial charge in [-0.15, -0.1) is 24.9 Å². The third-order valence-corrected chi connectivity index (χ3v) is 8.40. The predicted molar refractivity (Wildman–Crippen MR) is 116 cm³/mol. The Morgan fingerprint density at radius 1 is 1.40 bits per heavy atom. The number of likely N-dealkylation sites (tertiary alicyclic amines) is 1. The smallest absolute Gasteiger partial charge is 0.310 e. The Bertz CT molecular complexity index is 726. The first-order valence-electron chi connectivity index (χ1n) is 10.6. The van der Waals surface area contributed by atoms with Crippen LogP contribution in [0, 0.1) is 11.8 Å². The van der Waals surface area contributed by atoms with Crippen LogP contribution in [-0.4, -0.2) is 81.1 Å². The first kappa shape index (κ1) is 22.9. The molecule has 166 valence electrons. The monoisotopic (exact) mass is 436 g/mol. The minimum absolute atomic E-state index is 0.0198. The summed E-state index contributed by atoms with van der Waals surface area (Å²) < 4.78 is 4.79. The van der Waals surface area contributed by atoms with E-state index in [0.717, 1.165) is 6.42 Å². The van der Waals surface area contributed by atoms with Crippen LogP contribution in [0.4, 0.5) is 0 Å². The summed E-state index contributed by atoms with van der Waals surface area (Å²) in [6, 6.07) is -0.745. The van der Waals surface area contributed by atoms with Gasteiger partial charge in [-0.3, -0.25) is 14.4 Å². The molecule has 0 aromatic rings. The summed E-state index contributed by atoms with van der Waals surface area (Å²) in [4.78, 5) is 43.2. The number of fused-ring (bicyclic) bond motifs is 1. The number of β-amino-alcohol motifs (C(OH)–C–C–N with tert-alkyl or cyclic N) is 1. The molecule has 0 saturated carbocycles. The van der Waals surface area contributed by atoms with Gasteiger partial charge in [-0.25, -0.2) is 0 Å². The van der Waals surface area contributed by atoms with Gasteiger partial charge in [-0.2, -0.15) is 0 Å². The highest BCUT2D eigenvalue weighted by molar-refractivity contribution is 8.02. The lowest BCUT2D eigenvalue weighted by Crippen LogP contribution is -2.56. The van der Waals surface area contributed by atoms with Gasteiger partial charge in [0.15, 0.2) is 0 Å². The van der Waals surface area contributed by atoms with Crippen molar-refractivity contribution in [3.05, 3.63) is 25.3 Å². The van der Waals surface area contributed by atoms with Crippen molar-refractivity contribution in [2.45, 2.75) is 55.2 Å². The van der Waals surface area contributed by atoms with E-state index >= 15 is 0 Å². The van der Waals surface area contributed by atoms with Gasteiger partial charge >= 0.3 is 5.97 Å². The second-order valence-corrected chi connectivity index (χ2v) is 10.0. The van der Waals surface area contributed by atoms with Crippen LogP contribution in [0.5, 0.6) is 0 Å². The highest BCUT2D eigenvalue weighted by Crippen LogP contribution is 2.66. The van der Waals surface area contributed by atoms with Gasteiger partial charge in [0.05, 0.1) is 29.8 Å². The average Bonchev–Trinajstić information content (AvgIpc) is 3.34. The van der Waals surface area contributed by atoms with Crippen LogP contribution in [0.3, 0.4) is 0 Å². The fourth-order valence-corrected chi connectivity index (χ4v) is 7.44. The zero-order valence-electron chi connectivity index (χ0n) is 17.8. The zero-order valence-corrected chi connectivity index (χ0v) is 18.6. The number of carbonyl (C=O) groups excluding carboxylic acids is 3. The van der Waals surface area contributed by atoms with E-state index in [1.807, 2.05) is 13.8 Å². The Morgan fingerprint density at radius 3 is 2.73 bits per heavy atom. The molecule has 3 rings (SSSR count). The lowest BCUT2D eigenvalue weighted by Gasteiger charge is -2.38. The normalized spacial score (nSPS) is 31.7. The van der Waals surface area contributed by atoms with Crippen LogP contribution in [-0.2, 0) is 19.1 Å². The van der Waals surface area contributed by atoms with Crippen LogP contribution in [0.1, 0.15) is 33.1 Å². The molecule has 3 fully saturated rings. The Morgan fingerprint density at radius 2 is 2.13 bits per heavy atom. The highest BCUT2D eigenvalue weighted by Gasteiger charge is 2.74. The summed E-state index contributed by atoms with van der Waals surface area (Å²) in [5.41, 5.74) is 0. The molecule has 3 saturated heterocycles. The van der Waals surface area contributed by atoms with Crippen LogP contribution >= 0.6 is 11.8 Å². The SMILES string of the molecule is C=CCCOC(=O)[C@@H]1[C@H]2C(=O)N(CCO)C(C(=O)N(CC=C)C(C)C)C23CC[C@H]1S3. The molecule has 5 atom stereocenters. The van der Waals surface area contributed by atoms with Crippen molar-refractivity contribution >= 4 is 29.5 Å². The standard InChI is InChI=1S/C22H32N2O5S/c1-5-7-13-29-21(28)16-15-8-9-22(30-15)17(16)19(26)24(11-12-25)18(22)20(27)23(10-6-2)14(3)4/h5-6,14-18,25H,1-2,7-13H2,3-4H3/t15-,16+,17+,18?,22?/m1/s1. The molecular weight excluding hydrogens is 404 g/mol. The van der Waals surface area contributed by atoms with Crippen LogP contribution in [0.15, 0.2) is 25.3 Å². The summed E-state index contributed by atoms with van der Waals surface area (Å²) in [6.45, 7) is 11.7. The molecule has 30 heavy (non-hydrogen) atoms. The van der Waals surface area contributed by atoms with Crippen molar-refractivity contribution in [3.8, 4) is 0 Å². The van der Waals surface area contributed by atoms with Gasteiger partial charge in [0.1, 0.15) is 6.04 Å². The van der Waals surface area contributed by atoms with Crippen molar-refractivity contribution in [2.75, 3.05) is 26.3 Å². The lowest BCUT2D eigenvalue weighted by molar-refractivity contribution is -0.154. The van der Waals surface area contributed by atoms with E-state index in [1.54, 1.807) is 28.8 Å². The number of aliphatic hydroxyl groups excluding tert-OH is 1. The topological polar surface area (TPSA) is 87.1 Å². The highest BCUT2D eigenvalue weighted by atomic mass is 32.2. The van der Waals surface area contributed by atoms with Crippen LogP contribution < -0.4 is 0 Å². The van der Waals surface area contributed by atoms with E-state index in [1.165, 1.54) is 4.90 Å². The van der Waals surface area contributed by atoms with Crippen molar-refractivity contribution < 1.29 is 24.2 Å². The molecule has 0 aromatic heterocycles. The summed E-state index contributed by atoms with van der Waals surface area (Å²) in [6.07, 6.45) is 5.40. The van der Waals surface area contributed by atoms with E-state index in [4.69, 9.17) is 4.74 Å². The second kappa shape index (κ2) is 9.14. The number of thioether (sulfide) groups is 1. The quantitative estimate of drug-likeness (QED) is 0.318. The fraction of sp³-hybridized carbons (Fsp3) is 0.682. The van der Waals surface area contributed by atoms with Gasteiger partial charge in [0.2, 0.25) is 11.8 Å². The maximum Gasteiger partial charge on any atom is 0.310 e. The van der Waals surface area contributed by atoms with Crippen molar-refractivity contribution in [1.29, 1.82) is 0 Å². The number of amides is 2. The number of esters is 1. The summed E-state index contributed by atoms with van der Waals surface area (Å²) in [7, 11) is 0. The minimum atomic E-state index is -0.689. The van der Waals surface area contributed by atoms with Gasteiger partial charge in [0, 0.05) is 24.4 Å². The third kappa shape index (κ3) is 3.58. The number of carbonyl (C=O) groups is 3. The van der Waals surface area contributed by atoms with Gasteiger partial charge in [-0.05, 0) is 33.1 Å². The largest absolute Gasteiger partial charge is 0.465 e. The van der Waals surface area contributed by atoms with Gasteiger partial charge in [0.25, 0.3) is 0 Å². The predicted octanol–water partition coefficient (Wildman–Crippen LogP) is 1.61. The van der Waals surface area contributed by atoms with Crippen molar-refractivity contribution in [3.63, 3.8) is 0 Å². The Labute approximate surface area is 182 Å². The molecule has 3 aliphatic rings. The molecule has 2 bridgehead atoms. The molecule has 2 unspecified atom stereocenters. The molecule has 0 aromatic carbocycles. The van der Waals surface area contributed by atoms with Crippen molar-refractivity contribution in [2.24, 2.45) is 11.8 Å². The maximum atomic E-state index is 13.7. The molecule has 1 spiro atoms. The molecule has 0 radical (unpaired) electrons. The van der Waals surface area contributed by atoms with E-state index in [9.17, 15) is 19.5 Å². The first-order chi connectivity index (χ1) is 14.3. The molecule has 7 nitrogen and oxygen atoms in total. The molecule has 2 amide bonds. The summed E-state index contributed by atoms with van der Waals surface area (Å²) >= 11 is 1.60. The molecule has 8 heteroatoms. The molecule has 3 heterocycles. The number of hydrogen-bond donors (Lipinski definition) is 1. The van der Waals surface area contributed by atoms with E-state index in [2.05, 4.69) is 13.2 Å². The van der Waals surface area contributed by atoms with Crippen LogP contribution in [0.25, 0.3) is 0 Å². The molecule has 3 aliphatic heterocycles. The molecule has 0 aliphatic carbocycles. The Balaban J connectivity index is 1.96. The average molecular weight is 437 g/mol. The van der Waals surface area contributed by atoms with Gasteiger partial charge in [-0.1, -0.05) is 12.2 Å². The van der Waals surface area contributed by atoms with Gasteiger partial charge < -0.3 is 19.6 Å². The summed E-state index contributed by atoms with van der Waals surface area (Å²) in [5, 5.41) is 9.58. The number of rotatable bonds is 10. The van der Waals surface area contributed by atoms with Crippen molar-refractivity contribution in [1.82, 2.24) is 9.80 Å². The minimum Gasteiger partial charge on any atom is -0.465 e. The third-order valence-electron chi connectivity index (χ3n) is 6.45. The fourth-order valence-electron chi connectivity index (χ4n) is 5.24. The number of nitrogens with zero attached hydrogens (tertiary/aromatic N) is 2. The number of hydrogen-bond acceptors (Lipinski definition) is 6. The number of aliphatic hydroxyl groups is 1. The second-order valence-electron chi connectivity index (χ2n) is 8.43. The number of ether oxygens (including phenoxy) is 1. The van der Waals surface area contributed by atoms with E-state index in [0.29, 0.717) is 19.4 Å². The maximum absolute atomic E-state index is 13.7. The van der Waals surface area contributed by atoms with E-state index < -0.39 is 22.6 Å². The zero-order chi connectivity index (χ0) is 22.1. The summed E-state index contributed by atoms with van der Waals surface area (Å²) in [5.74, 6) is -1.85. The molecular formula is C22H32N2O5S. The Kier molecular flexibility index (Phi) is 6.97. The first-order valence-corrected chi connectivity index (χ1v) is 11.5. The molecule has 1 N–H and O–H groups in total. The van der Waals surface area contributed by atoms with Crippen LogP contribution in [0.2, 0.25) is 0 Å². The lowest BCUT2D eigenvalue weighted by atomic mass is 9.71. The van der Waals surface area contributed by atoms with E-state index in [-0.39, 0.29) is 48.8 Å². The Hall–Kier alpha value is -1.80.